The van der Waals surface area contributed by atoms with Crippen molar-refractivity contribution < 1.29 is 0 Å². The smallest absolute Gasteiger partial charge is 0.233 e. The Bertz CT molecular complexity index is 1110. The van der Waals surface area contributed by atoms with Crippen molar-refractivity contribution in [2.75, 3.05) is 49.3 Å². The van der Waals surface area contributed by atoms with Gasteiger partial charge in [0.25, 0.3) is 0 Å². The number of nitrogens with zero attached hydrogens (tertiary/aromatic N) is 5. The molecule has 1 aromatic carbocycles. The average Bonchev–Trinajstić information content (AvgIpc) is 3.29. The van der Waals surface area contributed by atoms with Crippen LogP contribution in [0.4, 0.5) is 23.5 Å². The molecule has 3 fully saturated rings. The Kier molecular flexibility index (Phi) is 6.09. The van der Waals surface area contributed by atoms with E-state index in [0.29, 0.717) is 29.2 Å². The van der Waals surface area contributed by atoms with Crippen LogP contribution in [-0.4, -0.2) is 53.7 Å². The highest BCUT2D eigenvalue weighted by molar-refractivity contribution is 7.16. The number of aromatic nitrogens is 4. The third-order valence-electron chi connectivity index (χ3n) is 7.77. The highest BCUT2D eigenvalue weighted by Crippen LogP contribution is 2.61. The fourth-order valence-electron chi connectivity index (χ4n) is 5.54. The standard InChI is InChI=1S/C24H34N8S/c1-24(2)16-6-5-15(18(24)11-16)13-26-21-29-22(31-23(30-21)32(4)10-9-25-3)28-17-7-8-19-20(12-17)33-14-27-19/h7-8,12,14-16,18,25H,5-6,9-11,13H2,1-4H3,(H2,26,28,29,30,31). The molecule has 176 valence electrons. The van der Waals surface area contributed by atoms with E-state index in [-0.39, 0.29) is 0 Å². The SMILES string of the molecule is CNCCN(C)c1nc(NCC2CCC3CC2C3(C)C)nc(Nc2ccc3ncsc3c2)n1. The zero-order valence-electron chi connectivity index (χ0n) is 19.9. The molecule has 3 unspecified atom stereocenters. The molecule has 0 saturated heterocycles. The second-order valence-electron chi connectivity index (χ2n) is 10.0. The molecular weight excluding hydrogens is 432 g/mol. The third-order valence-corrected chi connectivity index (χ3v) is 8.57. The number of benzene rings is 1. The van der Waals surface area contributed by atoms with Gasteiger partial charge in [-0.05, 0) is 67.7 Å². The summed E-state index contributed by atoms with van der Waals surface area (Å²) in [4.78, 5) is 20.6. The van der Waals surface area contributed by atoms with Crippen LogP contribution in [0.1, 0.15) is 33.1 Å². The topological polar surface area (TPSA) is 90.9 Å². The van der Waals surface area contributed by atoms with E-state index in [1.54, 1.807) is 11.3 Å². The zero-order valence-corrected chi connectivity index (χ0v) is 20.7. The molecule has 3 aliphatic carbocycles. The van der Waals surface area contributed by atoms with Gasteiger partial charge in [-0.25, -0.2) is 4.98 Å². The summed E-state index contributed by atoms with van der Waals surface area (Å²) in [6.45, 7) is 7.47. The predicted octanol–water partition coefficient (Wildman–Crippen LogP) is 4.36. The molecule has 3 saturated carbocycles. The van der Waals surface area contributed by atoms with Crippen molar-refractivity contribution in [2.24, 2.45) is 23.2 Å². The van der Waals surface area contributed by atoms with Crippen molar-refractivity contribution in [1.82, 2.24) is 25.3 Å². The minimum Gasteiger partial charge on any atom is -0.354 e. The van der Waals surface area contributed by atoms with Crippen LogP contribution in [0.2, 0.25) is 0 Å². The first-order chi connectivity index (χ1) is 15.9. The maximum absolute atomic E-state index is 4.74. The molecule has 3 N–H and O–H groups in total. The van der Waals surface area contributed by atoms with E-state index in [4.69, 9.17) is 15.0 Å². The van der Waals surface area contributed by atoms with Gasteiger partial charge < -0.3 is 20.9 Å². The average molecular weight is 467 g/mol. The maximum Gasteiger partial charge on any atom is 0.233 e. The van der Waals surface area contributed by atoms with Crippen molar-refractivity contribution in [2.45, 2.75) is 33.1 Å². The minimum absolute atomic E-state index is 0.476. The Morgan fingerprint density at radius 2 is 2.00 bits per heavy atom. The van der Waals surface area contributed by atoms with Crippen LogP contribution in [0.3, 0.4) is 0 Å². The quantitative estimate of drug-likeness (QED) is 0.428. The molecule has 3 aliphatic rings. The van der Waals surface area contributed by atoms with Crippen LogP contribution in [0.25, 0.3) is 10.2 Å². The molecular formula is C24H34N8S. The fourth-order valence-corrected chi connectivity index (χ4v) is 6.26. The molecule has 0 aliphatic heterocycles. The van der Waals surface area contributed by atoms with Crippen molar-refractivity contribution in [3.63, 3.8) is 0 Å². The minimum atomic E-state index is 0.476. The summed E-state index contributed by atoms with van der Waals surface area (Å²) in [5.74, 6) is 4.24. The van der Waals surface area contributed by atoms with Crippen LogP contribution in [0.5, 0.6) is 0 Å². The van der Waals surface area contributed by atoms with Gasteiger partial charge in [0.15, 0.2) is 0 Å². The van der Waals surface area contributed by atoms with E-state index in [0.717, 1.165) is 47.4 Å². The lowest BCUT2D eigenvalue weighted by atomic mass is 9.45. The Labute approximate surface area is 199 Å². The van der Waals surface area contributed by atoms with E-state index in [9.17, 15) is 0 Å². The van der Waals surface area contributed by atoms with Crippen molar-refractivity contribution in [1.29, 1.82) is 0 Å². The highest BCUT2D eigenvalue weighted by Gasteiger charge is 2.53. The van der Waals surface area contributed by atoms with Crippen LogP contribution >= 0.6 is 11.3 Å². The molecule has 9 heteroatoms. The summed E-state index contributed by atoms with van der Waals surface area (Å²) in [7, 11) is 3.97. The number of anilines is 4. The molecule has 3 aromatic rings. The lowest BCUT2D eigenvalue weighted by Gasteiger charge is -2.60. The number of rotatable bonds is 9. The highest BCUT2D eigenvalue weighted by atomic mass is 32.1. The Morgan fingerprint density at radius 3 is 2.79 bits per heavy atom. The summed E-state index contributed by atoms with van der Waals surface area (Å²) in [6, 6.07) is 6.12. The maximum atomic E-state index is 4.74. The molecule has 8 nitrogen and oxygen atoms in total. The normalized spacial score (nSPS) is 23.2. The van der Waals surface area contributed by atoms with Crippen LogP contribution in [0.15, 0.2) is 23.7 Å². The van der Waals surface area contributed by atoms with Gasteiger partial charge in [-0.3, -0.25) is 0 Å². The van der Waals surface area contributed by atoms with Gasteiger partial charge in [0.2, 0.25) is 17.8 Å². The molecule has 0 amide bonds. The summed E-state index contributed by atoms with van der Waals surface area (Å²) < 4.78 is 1.14. The Hall–Kier alpha value is -2.52. The molecule has 2 heterocycles. The largest absolute Gasteiger partial charge is 0.354 e. The fraction of sp³-hybridized carbons (Fsp3) is 0.583. The van der Waals surface area contributed by atoms with Crippen LogP contribution < -0.4 is 20.9 Å². The number of thiazole rings is 1. The summed E-state index contributed by atoms with van der Waals surface area (Å²) >= 11 is 1.63. The van der Waals surface area contributed by atoms with Crippen LogP contribution in [-0.2, 0) is 0 Å². The van der Waals surface area contributed by atoms with Gasteiger partial charge in [0.05, 0.1) is 15.7 Å². The summed E-state index contributed by atoms with van der Waals surface area (Å²) in [6.07, 6.45) is 4.02. The summed E-state index contributed by atoms with van der Waals surface area (Å²) in [5.41, 5.74) is 4.29. The molecule has 2 bridgehead atoms. The van der Waals surface area contributed by atoms with Crippen LogP contribution in [0, 0.1) is 23.2 Å². The van der Waals surface area contributed by atoms with Crippen molar-refractivity contribution >= 4 is 45.1 Å². The monoisotopic (exact) mass is 466 g/mol. The van der Waals surface area contributed by atoms with E-state index in [2.05, 4.69) is 45.7 Å². The first-order valence-corrected chi connectivity index (χ1v) is 12.8. The third kappa shape index (κ3) is 4.48. The van der Waals surface area contributed by atoms with E-state index < -0.39 is 0 Å². The first-order valence-electron chi connectivity index (χ1n) is 11.9. The number of hydrogen-bond donors (Lipinski definition) is 3. The van der Waals surface area contributed by atoms with E-state index >= 15 is 0 Å². The first kappa shape index (κ1) is 22.3. The molecule has 3 atom stereocenters. The molecule has 0 spiro atoms. The number of fused-ring (bicyclic) bond motifs is 3. The van der Waals surface area contributed by atoms with Gasteiger partial charge in [-0.2, -0.15) is 15.0 Å². The second kappa shape index (κ2) is 9.02. The van der Waals surface area contributed by atoms with Crippen molar-refractivity contribution in [3.8, 4) is 0 Å². The summed E-state index contributed by atoms with van der Waals surface area (Å²) in [5, 5.41) is 10.1. The number of hydrogen-bond acceptors (Lipinski definition) is 9. The molecule has 6 rings (SSSR count). The van der Waals surface area contributed by atoms with Crippen molar-refractivity contribution in [3.05, 3.63) is 23.7 Å². The van der Waals surface area contributed by atoms with Gasteiger partial charge in [0.1, 0.15) is 0 Å². The van der Waals surface area contributed by atoms with Gasteiger partial charge in [-0.1, -0.05) is 13.8 Å². The number of nitrogens with one attached hydrogen (secondary N) is 3. The van der Waals surface area contributed by atoms with Gasteiger partial charge in [0, 0.05) is 32.4 Å². The lowest BCUT2D eigenvalue weighted by molar-refractivity contribution is -0.100. The van der Waals surface area contributed by atoms with E-state index in [1.807, 2.05) is 31.7 Å². The van der Waals surface area contributed by atoms with Gasteiger partial charge in [-0.15, -0.1) is 11.3 Å². The molecule has 2 aromatic heterocycles. The molecule has 33 heavy (non-hydrogen) atoms. The molecule has 0 radical (unpaired) electrons. The van der Waals surface area contributed by atoms with Gasteiger partial charge >= 0.3 is 0 Å². The Balaban J connectivity index is 1.35. The van der Waals surface area contributed by atoms with E-state index in [1.165, 1.54) is 19.3 Å². The lowest BCUT2D eigenvalue weighted by Crippen LogP contribution is -2.53. The number of likely N-dealkylation sites (N-methyl/N-ethyl adjacent to an activating group) is 2. The Morgan fingerprint density at radius 1 is 1.15 bits per heavy atom. The zero-order chi connectivity index (χ0) is 23.0. The predicted molar refractivity (Wildman–Crippen MR) is 137 cm³/mol. The second-order valence-corrected chi connectivity index (χ2v) is 10.9.